The zero-order chi connectivity index (χ0) is 32.5. The van der Waals surface area contributed by atoms with Crippen molar-refractivity contribution >= 4 is 59.5 Å². The highest BCUT2D eigenvalue weighted by molar-refractivity contribution is 7.89. The number of aliphatic hydroxyl groups is 2. The van der Waals surface area contributed by atoms with Gasteiger partial charge in [-0.05, 0) is 25.0 Å². The number of hydrogen-bond acceptors (Lipinski definition) is 14. The van der Waals surface area contributed by atoms with Crippen molar-refractivity contribution in [3.05, 3.63) is 42.7 Å². The van der Waals surface area contributed by atoms with Crippen LogP contribution in [0.4, 0.5) is 17.5 Å². The third-order valence-corrected chi connectivity index (χ3v) is 9.44. The molecule has 5 rings (SSSR count). The van der Waals surface area contributed by atoms with Gasteiger partial charge in [-0.15, -0.1) is 0 Å². The van der Waals surface area contributed by atoms with Gasteiger partial charge in [0.1, 0.15) is 24.6 Å². The van der Waals surface area contributed by atoms with Gasteiger partial charge in [-0.2, -0.15) is 8.42 Å². The van der Waals surface area contributed by atoms with E-state index in [1.807, 2.05) is 37.2 Å². The van der Waals surface area contributed by atoms with Crippen molar-refractivity contribution < 1.29 is 36.0 Å². The molecule has 2 aromatic carbocycles. The van der Waals surface area contributed by atoms with E-state index in [-0.39, 0.29) is 34.4 Å². The first-order valence-electron chi connectivity index (χ1n) is 14.1. The number of nitrogens with zero attached hydrogens (tertiary/aromatic N) is 5. The van der Waals surface area contributed by atoms with Crippen LogP contribution in [-0.4, -0.2) is 105 Å². The number of nitrogens with one attached hydrogen (secondary N) is 2. The van der Waals surface area contributed by atoms with Gasteiger partial charge in [0, 0.05) is 43.6 Å². The number of fused-ring (bicyclic) bond motifs is 2. The largest absolute Gasteiger partial charge is 0.387 e. The van der Waals surface area contributed by atoms with Crippen molar-refractivity contribution in [2.45, 2.75) is 42.3 Å². The molecule has 1 aliphatic rings. The predicted octanol–water partition coefficient (Wildman–Crippen LogP) is 0.394. The molecule has 244 valence electrons. The predicted molar refractivity (Wildman–Crippen MR) is 168 cm³/mol. The van der Waals surface area contributed by atoms with E-state index in [1.54, 1.807) is 18.2 Å². The van der Waals surface area contributed by atoms with E-state index < -0.39 is 51.3 Å². The summed E-state index contributed by atoms with van der Waals surface area (Å²) >= 11 is 0. The number of aromatic nitrogens is 4. The van der Waals surface area contributed by atoms with Crippen LogP contribution >= 0.6 is 0 Å². The second-order valence-electron chi connectivity index (χ2n) is 10.8. The Balaban J connectivity index is 1.25. The van der Waals surface area contributed by atoms with Crippen molar-refractivity contribution in [2.75, 3.05) is 56.0 Å². The molecule has 3 heterocycles. The highest BCUT2D eigenvalue weighted by atomic mass is 32.2. The monoisotopic (exact) mass is 664 g/mol. The van der Waals surface area contributed by atoms with Crippen LogP contribution in [0.25, 0.3) is 21.9 Å². The second-order valence-corrected chi connectivity index (χ2v) is 14.2. The van der Waals surface area contributed by atoms with Crippen LogP contribution in [-0.2, 0) is 29.1 Å². The topological polar surface area (TPSA) is 224 Å². The van der Waals surface area contributed by atoms with E-state index >= 15 is 0 Å². The lowest BCUT2D eigenvalue weighted by atomic mass is 10.1. The second kappa shape index (κ2) is 13.0. The fourth-order valence-electron chi connectivity index (χ4n) is 5.19. The Morgan fingerprint density at radius 3 is 2.47 bits per heavy atom. The molecule has 1 aliphatic heterocycles. The summed E-state index contributed by atoms with van der Waals surface area (Å²) < 4.78 is 64.0. The van der Waals surface area contributed by atoms with Crippen LogP contribution in [0.3, 0.4) is 0 Å². The SMILES string of the molecule is CN(C)c1cccc2c(S(=O)(=O)NCCCCNc3nc4c(N)ncnc4n3[C@@H]3O[C@H](COS(C)(=O)=O)[C@@H](O)[C@H]3O)cccc12. The summed E-state index contributed by atoms with van der Waals surface area (Å²) in [6, 6.07) is 10.7. The Morgan fingerprint density at radius 1 is 1.02 bits per heavy atom. The number of imidazole rings is 1. The first-order chi connectivity index (χ1) is 21.3. The zero-order valence-electron chi connectivity index (χ0n) is 24.9. The fourth-order valence-corrected chi connectivity index (χ4v) is 6.86. The van der Waals surface area contributed by atoms with Gasteiger partial charge < -0.3 is 30.9 Å². The van der Waals surface area contributed by atoms with Crippen LogP contribution in [0.2, 0.25) is 0 Å². The number of benzene rings is 2. The van der Waals surface area contributed by atoms with E-state index in [9.17, 15) is 27.0 Å². The number of aliphatic hydroxyl groups excluding tert-OH is 2. The molecule has 16 nitrogen and oxygen atoms in total. The number of unbranched alkanes of at least 4 members (excludes halogenated alkanes) is 1. The quantitative estimate of drug-likeness (QED) is 0.0964. The molecule has 0 saturated carbocycles. The molecular weight excluding hydrogens is 628 g/mol. The van der Waals surface area contributed by atoms with E-state index in [1.165, 1.54) is 10.9 Å². The fraction of sp³-hybridized carbons (Fsp3) is 0.444. The number of hydrogen-bond donors (Lipinski definition) is 5. The minimum Gasteiger partial charge on any atom is -0.387 e. The lowest BCUT2D eigenvalue weighted by Crippen LogP contribution is -2.34. The van der Waals surface area contributed by atoms with Crippen molar-refractivity contribution in [3.8, 4) is 0 Å². The van der Waals surface area contributed by atoms with Gasteiger partial charge in [-0.25, -0.2) is 28.1 Å². The summed E-state index contributed by atoms with van der Waals surface area (Å²) in [5.41, 5.74) is 7.35. The summed E-state index contributed by atoms with van der Waals surface area (Å²) in [6.07, 6.45) is -2.24. The van der Waals surface area contributed by atoms with E-state index in [4.69, 9.17) is 14.7 Å². The Morgan fingerprint density at radius 2 is 1.73 bits per heavy atom. The summed E-state index contributed by atoms with van der Waals surface area (Å²) in [5, 5.41) is 25.9. The average Bonchev–Trinajstić information content (AvgIpc) is 3.49. The molecule has 0 unspecified atom stereocenters. The highest BCUT2D eigenvalue weighted by Crippen LogP contribution is 2.35. The third-order valence-electron chi connectivity index (χ3n) is 7.35. The molecule has 0 aliphatic carbocycles. The molecule has 0 amide bonds. The Labute approximate surface area is 260 Å². The van der Waals surface area contributed by atoms with Gasteiger partial charge in [0.25, 0.3) is 10.1 Å². The maximum Gasteiger partial charge on any atom is 0.264 e. The molecule has 0 spiro atoms. The van der Waals surface area contributed by atoms with Gasteiger partial charge >= 0.3 is 0 Å². The molecule has 1 saturated heterocycles. The van der Waals surface area contributed by atoms with E-state index in [0.29, 0.717) is 24.8 Å². The van der Waals surface area contributed by atoms with Gasteiger partial charge in [-0.1, -0.05) is 24.3 Å². The first kappa shape index (κ1) is 32.7. The summed E-state index contributed by atoms with van der Waals surface area (Å²) in [6.45, 7) is 0.0116. The van der Waals surface area contributed by atoms with Gasteiger partial charge in [0.2, 0.25) is 16.0 Å². The lowest BCUT2D eigenvalue weighted by molar-refractivity contribution is -0.0456. The summed E-state index contributed by atoms with van der Waals surface area (Å²) in [5.74, 6) is 0.276. The average molecular weight is 665 g/mol. The van der Waals surface area contributed by atoms with Crippen molar-refractivity contribution in [2.24, 2.45) is 0 Å². The normalized spacial score (nSPS) is 20.6. The van der Waals surface area contributed by atoms with Crippen LogP contribution in [0.15, 0.2) is 47.6 Å². The number of nitrogen functional groups attached to an aromatic ring is 1. The molecule has 1 fully saturated rings. The zero-order valence-corrected chi connectivity index (χ0v) is 26.5. The third kappa shape index (κ3) is 6.96. The molecule has 4 atom stereocenters. The molecule has 45 heavy (non-hydrogen) atoms. The number of sulfonamides is 1. The van der Waals surface area contributed by atoms with Gasteiger partial charge in [0.05, 0.1) is 17.8 Å². The molecule has 0 bridgehead atoms. The molecule has 4 aromatic rings. The van der Waals surface area contributed by atoms with Gasteiger partial charge in [0.15, 0.2) is 23.2 Å². The highest BCUT2D eigenvalue weighted by Gasteiger charge is 2.46. The summed E-state index contributed by atoms with van der Waals surface area (Å²) in [7, 11) is -3.80. The minimum atomic E-state index is -3.82. The van der Waals surface area contributed by atoms with Crippen LogP contribution in [0.5, 0.6) is 0 Å². The van der Waals surface area contributed by atoms with Crippen molar-refractivity contribution in [3.63, 3.8) is 0 Å². The van der Waals surface area contributed by atoms with Gasteiger partial charge in [-0.3, -0.25) is 8.75 Å². The number of nitrogens with two attached hydrogens (primary N) is 1. The molecular formula is C27H36N8O8S2. The number of anilines is 3. The maximum absolute atomic E-state index is 13.2. The Kier molecular flexibility index (Phi) is 9.45. The molecule has 0 radical (unpaired) electrons. The van der Waals surface area contributed by atoms with Crippen LogP contribution in [0, 0.1) is 0 Å². The first-order valence-corrected chi connectivity index (χ1v) is 17.4. The number of ether oxygens (including phenoxy) is 1. The minimum absolute atomic E-state index is 0.0762. The number of rotatable bonds is 13. The van der Waals surface area contributed by atoms with E-state index in [0.717, 1.165) is 17.3 Å². The molecule has 18 heteroatoms. The van der Waals surface area contributed by atoms with Crippen LogP contribution < -0.4 is 20.7 Å². The van der Waals surface area contributed by atoms with Crippen molar-refractivity contribution in [1.82, 2.24) is 24.2 Å². The summed E-state index contributed by atoms with van der Waals surface area (Å²) in [4.78, 5) is 14.8. The Bertz CT molecular complexity index is 1900. The smallest absolute Gasteiger partial charge is 0.264 e. The molecule has 2 aromatic heterocycles. The van der Waals surface area contributed by atoms with E-state index in [2.05, 4.69) is 25.0 Å². The van der Waals surface area contributed by atoms with Crippen LogP contribution in [0.1, 0.15) is 19.1 Å². The lowest BCUT2D eigenvalue weighted by Gasteiger charge is -2.19. The standard InChI is InChI=1S/C27H36N8O8S2/c1-34(2)18-10-6-9-17-16(18)8-7-11-20(17)45(40,41)32-13-5-4-12-29-27-33-21-24(28)30-15-31-25(21)35(27)26-23(37)22(36)19(43-26)14-42-44(3,38)39/h6-11,15,19,22-23,26,32,36-37H,4-5,12-14H2,1-3H3,(H,29,33)(H2,28,30,31)/t19-,22-,23-,26-/m1/s1. The van der Waals surface area contributed by atoms with Crippen molar-refractivity contribution in [1.29, 1.82) is 0 Å². The Hall–Kier alpha value is -3.65. The maximum atomic E-state index is 13.2. The molecule has 6 N–H and O–H groups in total.